The number of hydrogen-bond acceptors (Lipinski definition) is 4. The van der Waals surface area contributed by atoms with E-state index in [-0.39, 0.29) is 6.10 Å². The van der Waals surface area contributed by atoms with Crippen LogP contribution in [0.4, 0.5) is 0 Å². The van der Waals surface area contributed by atoms with Crippen molar-refractivity contribution in [3.8, 4) is 0 Å². The number of piperazine rings is 1. The molecule has 2 unspecified atom stereocenters. The highest BCUT2D eigenvalue weighted by molar-refractivity contribution is 4.76. The molecule has 0 aromatic rings. The summed E-state index contributed by atoms with van der Waals surface area (Å²) in [6, 6.07) is 0.730. The molecular formula is C13H29N3O. The molecule has 1 aliphatic heterocycles. The predicted octanol–water partition coefficient (Wildman–Crippen LogP) is 0.766. The quantitative estimate of drug-likeness (QED) is 0.717. The molecule has 1 rings (SSSR count). The van der Waals surface area contributed by atoms with Crippen LogP contribution in [0.2, 0.25) is 0 Å². The largest absolute Gasteiger partial charge is 0.380 e. The summed E-state index contributed by atoms with van der Waals surface area (Å²) in [7, 11) is 1.75. The Labute approximate surface area is 106 Å². The van der Waals surface area contributed by atoms with Gasteiger partial charge in [-0.05, 0) is 19.8 Å². The molecule has 2 N–H and O–H groups in total. The van der Waals surface area contributed by atoms with Crippen molar-refractivity contribution in [2.45, 2.75) is 38.8 Å². The summed E-state index contributed by atoms with van der Waals surface area (Å²) in [6.07, 6.45) is 2.53. The van der Waals surface area contributed by atoms with Crippen molar-refractivity contribution < 1.29 is 4.74 Å². The molecular weight excluding hydrogens is 214 g/mol. The average Bonchev–Trinajstić information content (AvgIpc) is 2.39. The Kier molecular flexibility index (Phi) is 7.04. The van der Waals surface area contributed by atoms with Crippen LogP contribution in [-0.4, -0.2) is 68.3 Å². The summed E-state index contributed by atoms with van der Waals surface area (Å²) in [5.41, 5.74) is 5.63. The second-order valence-corrected chi connectivity index (χ2v) is 5.02. The molecule has 0 aromatic heterocycles. The van der Waals surface area contributed by atoms with E-state index in [1.54, 1.807) is 7.11 Å². The number of nitrogens with zero attached hydrogens (tertiary/aromatic N) is 2. The lowest BCUT2D eigenvalue weighted by molar-refractivity contribution is 0.0661. The monoisotopic (exact) mass is 243 g/mol. The number of nitrogens with two attached hydrogens (primary N) is 1. The molecule has 0 saturated carbocycles. The van der Waals surface area contributed by atoms with Crippen molar-refractivity contribution in [3.63, 3.8) is 0 Å². The lowest BCUT2D eigenvalue weighted by Crippen LogP contribution is -2.50. The molecule has 4 heteroatoms. The van der Waals surface area contributed by atoms with Crippen LogP contribution < -0.4 is 5.73 Å². The first kappa shape index (κ1) is 14.9. The molecule has 1 aliphatic rings. The van der Waals surface area contributed by atoms with E-state index in [0.717, 1.165) is 19.0 Å². The predicted molar refractivity (Wildman–Crippen MR) is 72.2 cm³/mol. The van der Waals surface area contributed by atoms with E-state index in [0.29, 0.717) is 6.54 Å². The van der Waals surface area contributed by atoms with Gasteiger partial charge in [-0.25, -0.2) is 0 Å². The number of ether oxygens (including phenoxy) is 1. The lowest BCUT2D eigenvalue weighted by Gasteiger charge is -2.38. The van der Waals surface area contributed by atoms with Crippen LogP contribution in [0.1, 0.15) is 26.7 Å². The zero-order chi connectivity index (χ0) is 12.7. The zero-order valence-corrected chi connectivity index (χ0v) is 11.7. The van der Waals surface area contributed by atoms with Gasteiger partial charge in [0, 0.05) is 52.4 Å². The maximum atomic E-state index is 5.63. The highest BCUT2D eigenvalue weighted by Gasteiger charge is 2.20. The van der Waals surface area contributed by atoms with Crippen LogP contribution >= 0.6 is 0 Å². The van der Waals surface area contributed by atoms with Crippen LogP contribution in [0.5, 0.6) is 0 Å². The average molecular weight is 243 g/mol. The molecule has 17 heavy (non-hydrogen) atoms. The fourth-order valence-electron chi connectivity index (χ4n) is 2.34. The third-order valence-electron chi connectivity index (χ3n) is 3.98. The molecule has 0 aliphatic carbocycles. The van der Waals surface area contributed by atoms with Gasteiger partial charge < -0.3 is 15.4 Å². The Hall–Kier alpha value is -0.160. The second-order valence-electron chi connectivity index (χ2n) is 5.02. The summed E-state index contributed by atoms with van der Waals surface area (Å²) in [5, 5.41) is 0. The van der Waals surface area contributed by atoms with Crippen molar-refractivity contribution in [1.82, 2.24) is 9.80 Å². The topological polar surface area (TPSA) is 41.7 Å². The molecule has 4 nitrogen and oxygen atoms in total. The molecule has 102 valence electrons. The molecule has 1 heterocycles. The van der Waals surface area contributed by atoms with Gasteiger partial charge in [0.15, 0.2) is 0 Å². The van der Waals surface area contributed by atoms with Crippen LogP contribution in [0, 0.1) is 0 Å². The van der Waals surface area contributed by atoms with Crippen molar-refractivity contribution >= 4 is 0 Å². The smallest absolute Gasteiger partial charge is 0.0705 e. The van der Waals surface area contributed by atoms with Crippen molar-refractivity contribution in [3.05, 3.63) is 0 Å². The zero-order valence-electron chi connectivity index (χ0n) is 11.7. The highest BCUT2D eigenvalue weighted by Crippen LogP contribution is 2.09. The normalized spacial score (nSPS) is 22.6. The van der Waals surface area contributed by atoms with E-state index in [2.05, 4.69) is 23.6 Å². The van der Waals surface area contributed by atoms with Gasteiger partial charge in [-0.15, -0.1) is 0 Å². The fraction of sp³-hybridized carbons (Fsp3) is 1.00. The maximum absolute atomic E-state index is 5.63. The SMILES string of the molecule is CCC(C)N1CCN(CCC(CN)OC)CC1. The van der Waals surface area contributed by atoms with E-state index in [1.807, 2.05) is 0 Å². The summed E-state index contributed by atoms with van der Waals surface area (Å²) in [4.78, 5) is 5.12. The summed E-state index contributed by atoms with van der Waals surface area (Å²) in [6.45, 7) is 11.1. The molecule has 0 spiro atoms. The van der Waals surface area contributed by atoms with Gasteiger partial charge >= 0.3 is 0 Å². The Balaban J connectivity index is 2.18. The van der Waals surface area contributed by atoms with Crippen LogP contribution in [0.15, 0.2) is 0 Å². The molecule has 0 bridgehead atoms. The fourth-order valence-corrected chi connectivity index (χ4v) is 2.34. The van der Waals surface area contributed by atoms with Crippen molar-refractivity contribution in [2.75, 3.05) is 46.4 Å². The van der Waals surface area contributed by atoms with Gasteiger partial charge in [0.05, 0.1) is 6.10 Å². The number of hydrogen-bond donors (Lipinski definition) is 1. The minimum atomic E-state index is 0.225. The molecule has 1 saturated heterocycles. The van der Waals surface area contributed by atoms with Crippen LogP contribution in [0.25, 0.3) is 0 Å². The lowest BCUT2D eigenvalue weighted by atomic mass is 10.1. The second kappa shape index (κ2) is 8.03. The van der Waals surface area contributed by atoms with Gasteiger partial charge in [-0.2, -0.15) is 0 Å². The van der Waals surface area contributed by atoms with E-state index in [4.69, 9.17) is 10.5 Å². The van der Waals surface area contributed by atoms with Crippen LogP contribution in [-0.2, 0) is 4.74 Å². The number of rotatable bonds is 7. The van der Waals surface area contributed by atoms with E-state index in [9.17, 15) is 0 Å². The Morgan fingerprint density at radius 1 is 1.24 bits per heavy atom. The Bertz CT molecular complexity index is 189. The summed E-state index contributed by atoms with van der Waals surface area (Å²) < 4.78 is 5.31. The third-order valence-corrected chi connectivity index (χ3v) is 3.98. The molecule has 0 aromatic carbocycles. The van der Waals surface area contributed by atoms with Gasteiger partial charge in [-0.3, -0.25) is 4.90 Å². The third kappa shape index (κ3) is 4.92. The first-order chi connectivity index (χ1) is 8.21. The Morgan fingerprint density at radius 3 is 2.35 bits per heavy atom. The maximum Gasteiger partial charge on any atom is 0.0705 e. The van der Waals surface area contributed by atoms with E-state index < -0.39 is 0 Å². The van der Waals surface area contributed by atoms with Gasteiger partial charge in [0.25, 0.3) is 0 Å². The number of methoxy groups -OCH3 is 1. The van der Waals surface area contributed by atoms with Gasteiger partial charge in [-0.1, -0.05) is 6.92 Å². The van der Waals surface area contributed by atoms with Crippen molar-refractivity contribution in [2.24, 2.45) is 5.73 Å². The van der Waals surface area contributed by atoms with Crippen LogP contribution in [0.3, 0.4) is 0 Å². The van der Waals surface area contributed by atoms with E-state index in [1.165, 1.54) is 32.6 Å². The Morgan fingerprint density at radius 2 is 1.88 bits per heavy atom. The molecule has 0 radical (unpaired) electrons. The van der Waals surface area contributed by atoms with Gasteiger partial charge in [0.1, 0.15) is 0 Å². The van der Waals surface area contributed by atoms with Crippen molar-refractivity contribution in [1.29, 1.82) is 0 Å². The highest BCUT2D eigenvalue weighted by atomic mass is 16.5. The minimum absolute atomic E-state index is 0.225. The molecule has 0 amide bonds. The standard InChI is InChI=1S/C13H29N3O/c1-4-12(2)16-9-7-15(8-10-16)6-5-13(11-14)17-3/h12-13H,4-11,14H2,1-3H3. The van der Waals surface area contributed by atoms with Gasteiger partial charge in [0.2, 0.25) is 0 Å². The van der Waals surface area contributed by atoms with E-state index >= 15 is 0 Å². The summed E-state index contributed by atoms with van der Waals surface area (Å²) >= 11 is 0. The molecule has 2 atom stereocenters. The summed E-state index contributed by atoms with van der Waals surface area (Å²) in [5.74, 6) is 0. The molecule has 1 fully saturated rings. The first-order valence-electron chi connectivity index (χ1n) is 6.90. The minimum Gasteiger partial charge on any atom is -0.380 e. The first-order valence-corrected chi connectivity index (χ1v) is 6.90.